The van der Waals surface area contributed by atoms with E-state index in [0.29, 0.717) is 29.0 Å². The Morgan fingerprint density at radius 3 is 2.80 bits per heavy atom. The summed E-state index contributed by atoms with van der Waals surface area (Å²) in [5.74, 6) is 0.650. The number of benzene rings is 1. The number of pyridine rings is 2. The van der Waals surface area contributed by atoms with Crippen molar-refractivity contribution in [2.75, 3.05) is 0 Å². The molecule has 0 saturated heterocycles. The van der Waals surface area contributed by atoms with Crippen LogP contribution in [0.2, 0.25) is 0 Å². The van der Waals surface area contributed by atoms with Crippen molar-refractivity contribution < 1.29 is 14.6 Å². The van der Waals surface area contributed by atoms with Crippen LogP contribution in [0.5, 0.6) is 11.5 Å². The van der Waals surface area contributed by atoms with Crippen molar-refractivity contribution in [2.45, 2.75) is 6.61 Å². The molecule has 0 atom stereocenters. The van der Waals surface area contributed by atoms with E-state index >= 15 is 0 Å². The highest BCUT2D eigenvalue weighted by molar-refractivity contribution is 5.76. The first-order chi connectivity index (χ1) is 12.2. The molecular weight excluding hydrogens is 316 g/mol. The maximum atomic E-state index is 10.9. The summed E-state index contributed by atoms with van der Waals surface area (Å²) in [6, 6.07) is 12.3. The summed E-state index contributed by atoms with van der Waals surface area (Å²) in [5, 5.41) is 9.88. The van der Waals surface area contributed by atoms with E-state index in [4.69, 9.17) is 4.74 Å². The number of aldehydes is 1. The van der Waals surface area contributed by atoms with Gasteiger partial charge in [-0.15, -0.1) is 0 Å². The number of hydrogen-bond acceptors (Lipinski definition) is 5. The van der Waals surface area contributed by atoms with E-state index in [1.54, 1.807) is 48.8 Å². The van der Waals surface area contributed by atoms with E-state index in [-0.39, 0.29) is 12.4 Å². The first-order valence-electron chi connectivity index (χ1n) is 7.65. The molecule has 0 spiro atoms. The Labute approximate surface area is 145 Å². The molecule has 0 aliphatic rings. The number of phenols is 1. The molecule has 1 aromatic carbocycles. The molecule has 5 heteroatoms. The number of rotatable bonds is 6. The maximum Gasteiger partial charge on any atom is 0.168 e. The Kier molecular flexibility index (Phi) is 4.85. The lowest BCUT2D eigenvalue weighted by molar-refractivity contribution is 0.111. The largest absolute Gasteiger partial charge is 0.507 e. The fourth-order valence-corrected chi connectivity index (χ4v) is 2.49. The van der Waals surface area contributed by atoms with Gasteiger partial charge in [-0.1, -0.05) is 24.8 Å². The van der Waals surface area contributed by atoms with Crippen LogP contribution < -0.4 is 4.74 Å². The monoisotopic (exact) mass is 332 g/mol. The number of ether oxygens (including phenoxy) is 1. The zero-order valence-electron chi connectivity index (χ0n) is 13.4. The Balaban J connectivity index is 1.91. The van der Waals surface area contributed by atoms with Crippen LogP contribution in [0, 0.1) is 0 Å². The van der Waals surface area contributed by atoms with Crippen LogP contribution in [-0.4, -0.2) is 21.4 Å². The van der Waals surface area contributed by atoms with E-state index in [0.717, 1.165) is 11.1 Å². The van der Waals surface area contributed by atoms with E-state index in [1.165, 1.54) is 0 Å². The first-order valence-corrected chi connectivity index (χ1v) is 7.65. The van der Waals surface area contributed by atoms with Gasteiger partial charge in [0.05, 0.1) is 11.3 Å². The molecule has 0 aliphatic carbocycles. The van der Waals surface area contributed by atoms with Gasteiger partial charge >= 0.3 is 0 Å². The van der Waals surface area contributed by atoms with Crippen LogP contribution in [0.3, 0.4) is 0 Å². The Morgan fingerprint density at radius 1 is 1.12 bits per heavy atom. The summed E-state index contributed by atoms with van der Waals surface area (Å²) in [7, 11) is 0. The number of phenolic OH excluding ortho intramolecular Hbond substituents is 1. The van der Waals surface area contributed by atoms with Crippen molar-refractivity contribution in [3.05, 3.63) is 78.3 Å². The molecule has 2 aromatic heterocycles. The summed E-state index contributed by atoms with van der Waals surface area (Å²) in [5.41, 5.74) is 3.24. The van der Waals surface area contributed by atoms with Crippen molar-refractivity contribution in [2.24, 2.45) is 0 Å². The van der Waals surface area contributed by atoms with Crippen LogP contribution in [0.15, 0.2) is 61.4 Å². The highest BCUT2D eigenvalue weighted by Crippen LogP contribution is 2.30. The van der Waals surface area contributed by atoms with Crippen LogP contribution in [0.1, 0.15) is 21.6 Å². The second-order valence-corrected chi connectivity index (χ2v) is 5.28. The highest BCUT2D eigenvalue weighted by atomic mass is 16.5. The van der Waals surface area contributed by atoms with Gasteiger partial charge in [0.2, 0.25) is 0 Å². The van der Waals surface area contributed by atoms with Gasteiger partial charge in [0.15, 0.2) is 6.29 Å². The first kappa shape index (κ1) is 16.4. The molecule has 0 bridgehead atoms. The van der Waals surface area contributed by atoms with E-state index in [1.807, 2.05) is 12.1 Å². The fourth-order valence-electron chi connectivity index (χ4n) is 2.49. The van der Waals surface area contributed by atoms with E-state index in [9.17, 15) is 9.90 Å². The number of aromatic hydroxyl groups is 1. The maximum absolute atomic E-state index is 10.9. The second kappa shape index (κ2) is 7.40. The highest BCUT2D eigenvalue weighted by Gasteiger charge is 2.10. The standard InChI is InChI=1S/C20H16N2O3/c1-2-17-18(24)6-3-7-19(17)25-13-15-5-4-9-22-20(15)14-8-10-21-16(11-14)12-23/h2-12,24H,1,13H2. The minimum atomic E-state index is 0.115. The molecule has 0 radical (unpaired) electrons. The number of aromatic nitrogens is 2. The van der Waals surface area contributed by atoms with Gasteiger partial charge in [-0.3, -0.25) is 14.8 Å². The van der Waals surface area contributed by atoms with Crippen molar-refractivity contribution in [1.29, 1.82) is 0 Å². The van der Waals surface area contributed by atoms with Crippen LogP contribution in [0.4, 0.5) is 0 Å². The molecule has 5 nitrogen and oxygen atoms in total. The smallest absolute Gasteiger partial charge is 0.168 e. The Hall–Kier alpha value is -3.47. The lowest BCUT2D eigenvalue weighted by Gasteiger charge is -2.13. The molecular formula is C20H16N2O3. The molecule has 0 unspecified atom stereocenters. The molecule has 0 fully saturated rings. The molecule has 0 amide bonds. The van der Waals surface area contributed by atoms with Gasteiger partial charge in [0.25, 0.3) is 0 Å². The molecule has 1 N–H and O–H groups in total. The molecule has 25 heavy (non-hydrogen) atoms. The average molecular weight is 332 g/mol. The minimum absolute atomic E-state index is 0.115. The minimum Gasteiger partial charge on any atom is -0.507 e. The lowest BCUT2D eigenvalue weighted by atomic mass is 10.1. The number of carbonyl (C=O) groups excluding carboxylic acids is 1. The van der Waals surface area contributed by atoms with Crippen molar-refractivity contribution in [3.8, 4) is 22.8 Å². The summed E-state index contributed by atoms with van der Waals surface area (Å²) in [4.78, 5) is 19.3. The average Bonchev–Trinajstić information content (AvgIpc) is 2.66. The molecule has 3 rings (SSSR count). The third-order valence-corrected chi connectivity index (χ3v) is 3.70. The molecule has 0 aliphatic heterocycles. The van der Waals surface area contributed by atoms with Gasteiger partial charge in [-0.05, 0) is 30.3 Å². The predicted molar refractivity (Wildman–Crippen MR) is 95.4 cm³/mol. The summed E-state index contributed by atoms with van der Waals surface area (Å²) < 4.78 is 5.86. The van der Waals surface area contributed by atoms with Crippen LogP contribution in [-0.2, 0) is 6.61 Å². The fraction of sp³-hybridized carbons (Fsp3) is 0.0500. The number of nitrogens with zero attached hydrogens (tertiary/aromatic N) is 2. The van der Waals surface area contributed by atoms with Crippen molar-refractivity contribution in [3.63, 3.8) is 0 Å². The number of carbonyl (C=O) groups is 1. The zero-order chi connectivity index (χ0) is 17.6. The van der Waals surface area contributed by atoms with E-state index < -0.39 is 0 Å². The van der Waals surface area contributed by atoms with E-state index in [2.05, 4.69) is 16.5 Å². The topological polar surface area (TPSA) is 72.3 Å². The Morgan fingerprint density at radius 2 is 2.00 bits per heavy atom. The quantitative estimate of drug-likeness (QED) is 0.694. The Bertz CT molecular complexity index is 922. The van der Waals surface area contributed by atoms with Gasteiger partial charge in [-0.25, -0.2) is 0 Å². The third kappa shape index (κ3) is 3.55. The summed E-state index contributed by atoms with van der Waals surface area (Å²) in [6.45, 7) is 3.96. The van der Waals surface area contributed by atoms with Crippen LogP contribution >= 0.6 is 0 Å². The second-order valence-electron chi connectivity index (χ2n) is 5.28. The lowest BCUT2D eigenvalue weighted by Crippen LogP contribution is -2.01. The molecule has 124 valence electrons. The SMILES string of the molecule is C=Cc1c(O)cccc1OCc1cccnc1-c1ccnc(C=O)c1. The predicted octanol–water partition coefficient (Wildman–Crippen LogP) is 3.88. The zero-order valence-corrected chi connectivity index (χ0v) is 13.4. The third-order valence-electron chi connectivity index (χ3n) is 3.70. The summed E-state index contributed by atoms with van der Waals surface area (Å²) >= 11 is 0. The van der Waals surface area contributed by atoms with Crippen molar-refractivity contribution in [1.82, 2.24) is 9.97 Å². The molecule has 2 heterocycles. The normalized spacial score (nSPS) is 10.2. The molecule has 0 saturated carbocycles. The number of hydrogen-bond donors (Lipinski definition) is 1. The van der Waals surface area contributed by atoms with Crippen molar-refractivity contribution >= 4 is 12.4 Å². The van der Waals surface area contributed by atoms with Gasteiger partial charge in [0, 0.05) is 23.5 Å². The summed E-state index contributed by atoms with van der Waals surface area (Å²) in [6.07, 6.45) is 5.51. The van der Waals surface area contributed by atoms with Gasteiger partial charge in [0.1, 0.15) is 23.8 Å². The van der Waals surface area contributed by atoms with Gasteiger partial charge < -0.3 is 9.84 Å². The van der Waals surface area contributed by atoms with Gasteiger partial charge in [-0.2, -0.15) is 0 Å². The van der Waals surface area contributed by atoms with Crippen LogP contribution in [0.25, 0.3) is 17.3 Å². The molecule has 3 aromatic rings.